The van der Waals surface area contributed by atoms with E-state index >= 15 is 0 Å². The van der Waals surface area contributed by atoms with Crippen LogP contribution in [-0.2, 0) is 28.0 Å². The maximum atomic E-state index is 0. The molecule has 0 aromatic rings. The number of hydrogen-bond acceptors (Lipinski definition) is 0. The number of rotatable bonds is 0. The molecule has 23 valence electrons. The molecule has 0 spiro atoms. The molecule has 0 atom stereocenters. The quantitative estimate of drug-likeness (QED) is 0.535. The zero-order valence-corrected chi connectivity index (χ0v) is 6.30. The van der Waals surface area contributed by atoms with Crippen molar-refractivity contribution in [2.75, 3.05) is 0 Å². The fourth-order valence-corrected chi connectivity index (χ4v) is 0. The van der Waals surface area contributed by atoms with Gasteiger partial charge in [0.25, 0.3) is 0 Å². The van der Waals surface area contributed by atoms with E-state index in [1.54, 1.807) is 0 Å². The molecule has 0 unspecified atom stereocenters. The molecule has 0 aliphatic rings. The molecule has 0 N–H and O–H groups in total. The second kappa shape index (κ2) is 27.3. The van der Waals surface area contributed by atoms with E-state index in [4.69, 9.17) is 0 Å². The molecule has 0 fully saturated rings. The first-order valence-electron chi connectivity index (χ1n) is 0. The van der Waals surface area contributed by atoms with Gasteiger partial charge in [0.05, 0.1) is 0 Å². The Kier molecular flexibility index (Phi) is 388. The maximum Gasteiger partial charge on any atom is 3.00 e. The van der Waals surface area contributed by atoms with Crippen LogP contribution in [0.1, 0.15) is 0 Å². The minimum Gasteiger partial charge on any atom is -2.00 e. The van der Waals surface area contributed by atoms with E-state index in [2.05, 4.69) is 0 Å². The Morgan fingerprint density at radius 1 is 0.750 bits per heavy atom. The van der Waals surface area contributed by atoms with Gasteiger partial charge in [-0.25, -0.2) is 0 Å². The molecule has 0 aliphatic heterocycles. The fraction of sp³-hybridized carbons (Fsp3) is 0. The summed E-state index contributed by atoms with van der Waals surface area (Å²) >= 11 is 0. The summed E-state index contributed by atoms with van der Waals surface area (Å²) in [6, 6.07) is 0. The average molecular weight is 296 g/mol. The predicted molar refractivity (Wildman–Crippen MR) is 7.13 cm³/mol. The van der Waals surface area contributed by atoms with Crippen LogP contribution in [-0.4, -0.2) is 26.2 Å². The van der Waals surface area contributed by atoms with Crippen molar-refractivity contribution in [1.29, 1.82) is 0 Å². The van der Waals surface area contributed by atoms with E-state index in [0.717, 1.165) is 0 Å². The molecule has 0 aliphatic carbocycles. The maximum absolute atomic E-state index is 0. The van der Waals surface area contributed by atoms with Gasteiger partial charge in [0.1, 0.15) is 0 Å². The van der Waals surface area contributed by atoms with Crippen LogP contribution in [0.5, 0.6) is 0 Å². The molecule has 0 bridgehead atoms. The fourth-order valence-electron chi connectivity index (χ4n) is 0. The predicted octanol–water partition coefficient (Wildman–Crippen LogP) is -0.621. The van der Waals surface area contributed by atoms with Crippen LogP contribution in [0, 0.1) is 0 Å². The molecule has 0 aromatic carbocycles. The summed E-state index contributed by atoms with van der Waals surface area (Å²) in [6.07, 6.45) is 0. The summed E-state index contributed by atoms with van der Waals surface area (Å²) in [4.78, 5) is 0. The largest absolute Gasteiger partial charge is 3.00 e. The van der Waals surface area contributed by atoms with E-state index in [1.165, 1.54) is 0 Å². The molecule has 0 rings (SSSR count). The van der Waals surface area contributed by atoms with E-state index in [9.17, 15) is 0 Å². The van der Waals surface area contributed by atoms with Gasteiger partial charge in [-0.2, -0.15) is 0 Å². The Hall–Kier alpha value is 1.32. The van der Waals surface area contributed by atoms with Crippen molar-refractivity contribution >= 4 is 26.2 Å². The third-order valence-corrected chi connectivity index (χ3v) is 0. The van der Waals surface area contributed by atoms with E-state index in [-0.39, 0.29) is 54.2 Å². The monoisotopic (exact) mass is 296 g/mol. The van der Waals surface area contributed by atoms with E-state index in [1.807, 2.05) is 0 Å². The topological polar surface area (TPSA) is 57.0 Å². The van der Waals surface area contributed by atoms with Gasteiger partial charge in [-0.1, -0.05) is 0 Å². The zero-order valence-electron chi connectivity index (χ0n) is 1.64. The molecular formula is BiMnO2+. The Balaban J connectivity index is 0. The molecule has 0 aromatic heterocycles. The first-order valence-corrected chi connectivity index (χ1v) is 0. The zero-order chi connectivity index (χ0) is 0. The smallest absolute Gasteiger partial charge is 2.00 e. The minimum atomic E-state index is 0. The summed E-state index contributed by atoms with van der Waals surface area (Å²) in [5.74, 6) is 0. The third-order valence-electron chi connectivity index (χ3n) is 0. The standard InChI is InChI=1S/Bi.Mn.2O/q+3;+2;2*-2. The van der Waals surface area contributed by atoms with Crippen molar-refractivity contribution in [3.05, 3.63) is 0 Å². The summed E-state index contributed by atoms with van der Waals surface area (Å²) in [5.41, 5.74) is 0. The SMILES string of the molecule is [Bi+3].[Mn+2].[O-2].[O-2]. The van der Waals surface area contributed by atoms with Crippen molar-refractivity contribution in [3.8, 4) is 0 Å². The molecule has 4 heavy (non-hydrogen) atoms. The Bertz CT molecular complexity index is 6.00. The van der Waals surface area contributed by atoms with Crippen molar-refractivity contribution < 1.29 is 28.0 Å². The Morgan fingerprint density at radius 2 is 0.750 bits per heavy atom. The molecule has 0 heterocycles. The normalized spacial score (nSPS) is 0. The molecule has 4 heteroatoms. The molecule has 0 amide bonds. The Labute approximate surface area is 54.2 Å². The second-order valence-electron chi connectivity index (χ2n) is 0. The number of hydrogen-bond donors (Lipinski definition) is 0. The van der Waals surface area contributed by atoms with Crippen molar-refractivity contribution in [2.45, 2.75) is 0 Å². The van der Waals surface area contributed by atoms with Gasteiger partial charge >= 0.3 is 43.3 Å². The molecule has 0 saturated carbocycles. The van der Waals surface area contributed by atoms with E-state index in [0.29, 0.717) is 0 Å². The molecule has 2 nitrogen and oxygen atoms in total. The average Bonchev–Trinajstić information content (AvgIpc) is 0. The first-order chi connectivity index (χ1) is 0. The Morgan fingerprint density at radius 3 is 0.750 bits per heavy atom. The van der Waals surface area contributed by atoms with Crippen molar-refractivity contribution in [3.63, 3.8) is 0 Å². The summed E-state index contributed by atoms with van der Waals surface area (Å²) < 4.78 is 0. The van der Waals surface area contributed by atoms with Gasteiger partial charge in [0, 0.05) is 0 Å². The van der Waals surface area contributed by atoms with Gasteiger partial charge in [0.15, 0.2) is 0 Å². The molecule has 3 radical (unpaired) electrons. The van der Waals surface area contributed by atoms with Crippen LogP contribution >= 0.6 is 0 Å². The minimum absolute atomic E-state index is 0. The van der Waals surface area contributed by atoms with Crippen LogP contribution < -0.4 is 0 Å². The third kappa shape index (κ3) is 10.2. The van der Waals surface area contributed by atoms with Gasteiger partial charge in [-0.05, 0) is 0 Å². The van der Waals surface area contributed by atoms with Crippen LogP contribution in [0.2, 0.25) is 0 Å². The second-order valence-corrected chi connectivity index (χ2v) is 0. The summed E-state index contributed by atoms with van der Waals surface area (Å²) in [5, 5.41) is 0. The summed E-state index contributed by atoms with van der Waals surface area (Å²) in [7, 11) is 0. The first kappa shape index (κ1) is 56.9. The van der Waals surface area contributed by atoms with Crippen molar-refractivity contribution in [2.24, 2.45) is 0 Å². The van der Waals surface area contributed by atoms with E-state index < -0.39 is 0 Å². The van der Waals surface area contributed by atoms with Crippen LogP contribution in [0.15, 0.2) is 0 Å². The van der Waals surface area contributed by atoms with Gasteiger partial charge < -0.3 is 11.0 Å². The van der Waals surface area contributed by atoms with Crippen LogP contribution in [0.3, 0.4) is 0 Å². The van der Waals surface area contributed by atoms with Gasteiger partial charge in [-0.15, -0.1) is 0 Å². The van der Waals surface area contributed by atoms with Gasteiger partial charge in [-0.3, -0.25) is 0 Å². The van der Waals surface area contributed by atoms with Gasteiger partial charge in [0.2, 0.25) is 0 Å². The molecular weight excluding hydrogens is 296 g/mol. The van der Waals surface area contributed by atoms with Crippen LogP contribution in [0.4, 0.5) is 0 Å². The van der Waals surface area contributed by atoms with Crippen LogP contribution in [0.25, 0.3) is 0 Å². The van der Waals surface area contributed by atoms with Crippen molar-refractivity contribution in [1.82, 2.24) is 0 Å². The summed E-state index contributed by atoms with van der Waals surface area (Å²) in [6.45, 7) is 0. The molecule has 0 saturated heterocycles.